The summed E-state index contributed by atoms with van der Waals surface area (Å²) in [4.78, 5) is 15.0. The summed E-state index contributed by atoms with van der Waals surface area (Å²) in [6, 6.07) is 17.3. The van der Waals surface area contributed by atoms with E-state index < -0.39 is 0 Å². The first-order valence-electron chi connectivity index (χ1n) is 9.17. The van der Waals surface area contributed by atoms with Crippen LogP contribution in [0.1, 0.15) is 16.1 Å². The SMILES string of the molecule is Cc1cc(NC(=O)c2ccc(N3CCOCC3)cc2)n(-c2cccc(Br)c2)n1. The van der Waals surface area contributed by atoms with Gasteiger partial charge in [-0.15, -0.1) is 0 Å². The lowest BCUT2D eigenvalue weighted by atomic mass is 10.1. The molecular formula is C21H21BrN4O2. The molecule has 1 aromatic heterocycles. The monoisotopic (exact) mass is 440 g/mol. The van der Waals surface area contributed by atoms with Crippen LogP contribution in [0.2, 0.25) is 0 Å². The first-order chi connectivity index (χ1) is 13.6. The fraction of sp³-hybridized carbons (Fsp3) is 0.238. The van der Waals surface area contributed by atoms with Gasteiger partial charge in [0.05, 0.1) is 24.6 Å². The molecule has 2 heterocycles. The summed E-state index contributed by atoms with van der Waals surface area (Å²) in [5.74, 6) is 0.475. The van der Waals surface area contributed by atoms with Crippen LogP contribution in [0, 0.1) is 6.92 Å². The van der Waals surface area contributed by atoms with E-state index in [1.165, 1.54) is 0 Å². The molecule has 3 aromatic rings. The summed E-state index contributed by atoms with van der Waals surface area (Å²) in [6.45, 7) is 5.12. The molecular weight excluding hydrogens is 420 g/mol. The molecule has 1 amide bonds. The van der Waals surface area contributed by atoms with Gasteiger partial charge in [0.2, 0.25) is 0 Å². The Bertz CT molecular complexity index is 978. The zero-order valence-corrected chi connectivity index (χ0v) is 17.1. The summed E-state index contributed by atoms with van der Waals surface area (Å²) in [6.07, 6.45) is 0. The number of carbonyl (C=O) groups excluding carboxylic acids is 1. The molecule has 0 unspecified atom stereocenters. The zero-order chi connectivity index (χ0) is 19.5. The lowest BCUT2D eigenvalue weighted by Crippen LogP contribution is -2.36. The van der Waals surface area contributed by atoms with Gasteiger partial charge < -0.3 is 15.0 Å². The molecule has 0 radical (unpaired) electrons. The molecule has 0 saturated carbocycles. The molecule has 0 spiro atoms. The van der Waals surface area contributed by atoms with Gasteiger partial charge in [-0.25, -0.2) is 4.68 Å². The van der Waals surface area contributed by atoms with Crippen molar-refractivity contribution in [2.45, 2.75) is 6.92 Å². The number of nitrogens with zero attached hydrogens (tertiary/aromatic N) is 3. The number of aryl methyl sites for hydroxylation is 1. The summed E-state index contributed by atoms with van der Waals surface area (Å²) in [5.41, 5.74) is 3.42. The molecule has 0 atom stereocenters. The Morgan fingerprint density at radius 2 is 1.82 bits per heavy atom. The van der Waals surface area contributed by atoms with E-state index in [4.69, 9.17) is 4.74 Å². The van der Waals surface area contributed by atoms with Crippen LogP contribution in [-0.4, -0.2) is 42.0 Å². The van der Waals surface area contributed by atoms with E-state index in [9.17, 15) is 4.79 Å². The number of aromatic nitrogens is 2. The smallest absolute Gasteiger partial charge is 0.256 e. The number of carbonyl (C=O) groups is 1. The number of hydrogen-bond donors (Lipinski definition) is 1. The molecule has 1 saturated heterocycles. The highest BCUT2D eigenvalue weighted by Crippen LogP contribution is 2.22. The minimum Gasteiger partial charge on any atom is -0.378 e. The summed E-state index contributed by atoms with van der Waals surface area (Å²) < 4.78 is 8.08. The maximum absolute atomic E-state index is 12.8. The van der Waals surface area contributed by atoms with Crippen LogP contribution in [0.5, 0.6) is 0 Å². The van der Waals surface area contributed by atoms with Crippen LogP contribution >= 0.6 is 15.9 Å². The molecule has 0 aliphatic carbocycles. The second-order valence-corrected chi connectivity index (χ2v) is 7.58. The zero-order valence-electron chi connectivity index (χ0n) is 15.6. The van der Waals surface area contributed by atoms with Crippen molar-refractivity contribution in [1.82, 2.24) is 9.78 Å². The number of nitrogens with one attached hydrogen (secondary N) is 1. The van der Waals surface area contributed by atoms with Crippen molar-refractivity contribution in [3.8, 4) is 5.69 Å². The Kier molecular flexibility index (Phi) is 5.45. The van der Waals surface area contributed by atoms with Gasteiger partial charge in [0, 0.05) is 34.9 Å². The second-order valence-electron chi connectivity index (χ2n) is 6.66. The quantitative estimate of drug-likeness (QED) is 0.664. The van der Waals surface area contributed by atoms with Crippen molar-refractivity contribution in [2.24, 2.45) is 0 Å². The predicted molar refractivity (Wildman–Crippen MR) is 113 cm³/mol. The molecule has 1 aliphatic rings. The maximum atomic E-state index is 12.8. The Morgan fingerprint density at radius 3 is 2.54 bits per heavy atom. The number of morpholine rings is 1. The standard InChI is InChI=1S/C21H21BrN4O2/c1-15-13-20(26(24-15)19-4-2-3-17(22)14-19)23-21(27)16-5-7-18(8-6-16)25-9-11-28-12-10-25/h2-8,13-14H,9-12H2,1H3,(H,23,27). The van der Waals surface area contributed by atoms with Gasteiger partial charge in [0.1, 0.15) is 5.82 Å². The average Bonchev–Trinajstić information content (AvgIpc) is 3.09. The average molecular weight is 441 g/mol. The molecule has 144 valence electrons. The third-order valence-corrected chi connectivity index (χ3v) is 5.12. The molecule has 4 rings (SSSR count). The first-order valence-corrected chi connectivity index (χ1v) is 9.96. The molecule has 0 bridgehead atoms. The molecule has 6 nitrogen and oxygen atoms in total. The minimum absolute atomic E-state index is 0.162. The highest BCUT2D eigenvalue weighted by molar-refractivity contribution is 9.10. The molecule has 7 heteroatoms. The second kappa shape index (κ2) is 8.16. The summed E-state index contributed by atoms with van der Waals surface area (Å²) >= 11 is 3.48. The van der Waals surface area contributed by atoms with Crippen molar-refractivity contribution in [3.63, 3.8) is 0 Å². The molecule has 2 aromatic carbocycles. The van der Waals surface area contributed by atoms with Gasteiger partial charge >= 0.3 is 0 Å². The Morgan fingerprint density at radius 1 is 1.07 bits per heavy atom. The van der Waals surface area contributed by atoms with Crippen molar-refractivity contribution in [1.29, 1.82) is 0 Å². The van der Waals surface area contributed by atoms with Gasteiger partial charge in [0.25, 0.3) is 5.91 Å². The van der Waals surface area contributed by atoms with Gasteiger partial charge in [0.15, 0.2) is 0 Å². The van der Waals surface area contributed by atoms with Crippen LogP contribution in [0.15, 0.2) is 59.1 Å². The predicted octanol–water partition coefficient (Wildman–Crippen LogP) is 4.03. The summed E-state index contributed by atoms with van der Waals surface area (Å²) in [7, 11) is 0. The fourth-order valence-corrected chi connectivity index (χ4v) is 3.61. The topological polar surface area (TPSA) is 59.4 Å². The van der Waals surface area contributed by atoms with Crippen molar-refractivity contribution in [3.05, 3.63) is 70.3 Å². The Hall–Kier alpha value is -2.64. The molecule has 28 heavy (non-hydrogen) atoms. The molecule has 1 fully saturated rings. The van der Waals surface area contributed by atoms with Crippen LogP contribution in [0.4, 0.5) is 11.5 Å². The summed E-state index contributed by atoms with van der Waals surface area (Å²) in [5, 5.41) is 7.48. The number of amides is 1. The molecule has 1 aliphatic heterocycles. The van der Waals surface area contributed by atoms with Gasteiger partial charge in [-0.2, -0.15) is 5.10 Å². The van der Waals surface area contributed by atoms with Crippen molar-refractivity contribution >= 4 is 33.3 Å². The first kappa shape index (κ1) is 18.7. The molecule has 1 N–H and O–H groups in total. The van der Waals surface area contributed by atoms with Gasteiger partial charge in [-0.3, -0.25) is 4.79 Å². The number of anilines is 2. The van der Waals surface area contributed by atoms with Crippen LogP contribution < -0.4 is 10.2 Å². The highest BCUT2D eigenvalue weighted by atomic mass is 79.9. The number of benzene rings is 2. The van der Waals surface area contributed by atoms with E-state index in [0.29, 0.717) is 11.4 Å². The number of rotatable bonds is 4. The van der Waals surface area contributed by atoms with E-state index in [1.807, 2.05) is 61.5 Å². The van der Waals surface area contributed by atoms with E-state index in [0.717, 1.165) is 47.8 Å². The van der Waals surface area contributed by atoms with Crippen molar-refractivity contribution in [2.75, 3.05) is 36.5 Å². The largest absolute Gasteiger partial charge is 0.378 e. The maximum Gasteiger partial charge on any atom is 0.256 e. The Balaban J connectivity index is 1.52. The lowest BCUT2D eigenvalue weighted by molar-refractivity contribution is 0.102. The third kappa shape index (κ3) is 4.10. The van der Waals surface area contributed by atoms with E-state index in [-0.39, 0.29) is 5.91 Å². The van der Waals surface area contributed by atoms with Crippen LogP contribution in [0.3, 0.4) is 0 Å². The van der Waals surface area contributed by atoms with Crippen molar-refractivity contribution < 1.29 is 9.53 Å². The van der Waals surface area contributed by atoms with Gasteiger partial charge in [-0.05, 0) is 49.4 Å². The number of halogens is 1. The number of ether oxygens (including phenoxy) is 1. The Labute approximate surface area is 172 Å². The van der Waals surface area contributed by atoms with Crippen LogP contribution in [0.25, 0.3) is 5.69 Å². The van der Waals surface area contributed by atoms with E-state index in [1.54, 1.807) is 4.68 Å². The third-order valence-electron chi connectivity index (χ3n) is 4.63. The van der Waals surface area contributed by atoms with Gasteiger partial charge in [-0.1, -0.05) is 22.0 Å². The number of hydrogen-bond acceptors (Lipinski definition) is 4. The normalized spacial score (nSPS) is 14.1. The highest BCUT2D eigenvalue weighted by Gasteiger charge is 2.15. The fourth-order valence-electron chi connectivity index (χ4n) is 3.23. The minimum atomic E-state index is -0.162. The van der Waals surface area contributed by atoms with E-state index in [2.05, 4.69) is 31.2 Å². The van der Waals surface area contributed by atoms with E-state index >= 15 is 0 Å². The van der Waals surface area contributed by atoms with Crippen LogP contribution in [-0.2, 0) is 4.74 Å². The lowest BCUT2D eigenvalue weighted by Gasteiger charge is -2.28.